The van der Waals surface area contributed by atoms with Gasteiger partial charge in [0, 0.05) is 22.5 Å². The molecular weight excluding hydrogens is 204 g/mol. The van der Waals surface area contributed by atoms with Crippen LogP contribution in [0.2, 0.25) is 0 Å². The van der Waals surface area contributed by atoms with Crippen LogP contribution < -0.4 is 5.32 Å². The Morgan fingerprint density at radius 2 is 2.27 bits per heavy atom. The lowest BCUT2D eigenvalue weighted by atomic mass is 10.1. The number of thiazole rings is 1. The predicted octanol–water partition coefficient (Wildman–Crippen LogP) is 2.94. The molecule has 2 unspecified atom stereocenters. The molecule has 2 rings (SSSR count). The highest BCUT2D eigenvalue weighted by Gasteiger charge is 2.40. The van der Waals surface area contributed by atoms with Gasteiger partial charge in [0.25, 0.3) is 0 Å². The second-order valence-corrected chi connectivity index (χ2v) is 6.45. The van der Waals surface area contributed by atoms with Gasteiger partial charge < -0.3 is 5.32 Å². The van der Waals surface area contributed by atoms with E-state index in [2.05, 4.69) is 43.4 Å². The Hall–Kier alpha value is -0.410. The summed E-state index contributed by atoms with van der Waals surface area (Å²) in [5.74, 6) is 1.55. The fourth-order valence-corrected chi connectivity index (χ4v) is 2.76. The molecule has 15 heavy (non-hydrogen) atoms. The van der Waals surface area contributed by atoms with Crippen LogP contribution in [0.5, 0.6) is 0 Å². The van der Waals surface area contributed by atoms with Crippen molar-refractivity contribution in [2.24, 2.45) is 5.92 Å². The zero-order chi connectivity index (χ0) is 11.1. The highest BCUT2D eigenvalue weighted by atomic mass is 32.1. The van der Waals surface area contributed by atoms with Crippen molar-refractivity contribution in [3.05, 3.63) is 16.1 Å². The minimum absolute atomic E-state index is 0.242. The molecule has 2 nitrogen and oxygen atoms in total. The molecule has 2 atom stereocenters. The average Bonchev–Trinajstić information content (AvgIpc) is 2.77. The van der Waals surface area contributed by atoms with Crippen molar-refractivity contribution in [1.29, 1.82) is 0 Å². The minimum Gasteiger partial charge on any atom is -0.312 e. The second-order valence-electron chi connectivity index (χ2n) is 5.56. The number of hydrogen-bond donors (Lipinski definition) is 1. The maximum absolute atomic E-state index is 4.56. The SMILES string of the molecule is Cc1csc(C2CC2CNC(C)(C)C)n1. The van der Waals surface area contributed by atoms with Crippen LogP contribution in [0.1, 0.15) is 43.8 Å². The highest BCUT2D eigenvalue weighted by molar-refractivity contribution is 7.09. The van der Waals surface area contributed by atoms with Crippen molar-refractivity contribution in [2.45, 2.75) is 45.6 Å². The lowest BCUT2D eigenvalue weighted by Gasteiger charge is -2.20. The summed E-state index contributed by atoms with van der Waals surface area (Å²) >= 11 is 1.82. The maximum atomic E-state index is 4.56. The second kappa shape index (κ2) is 3.87. The molecule has 0 aliphatic heterocycles. The minimum atomic E-state index is 0.242. The van der Waals surface area contributed by atoms with Crippen LogP contribution in [0.25, 0.3) is 0 Å². The molecule has 1 fully saturated rings. The quantitative estimate of drug-likeness (QED) is 0.854. The van der Waals surface area contributed by atoms with Crippen LogP contribution in [0.4, 0.5) is 0 Å². The Morgan fingerprint density at radius 3 is 2.80 bits per heavy atom. The van der Waals surface area contributed by atoms with Crippen molar-refractivity contribution in [3.8, 4) is 0 Å². The van der Waals surface area contributed by atoms with Crippen molar-refractivity contribution in [2.75, 3.05) is 6.54 Å². The first-order valence-electron chi connectivity index (χ1n) is 5.63. The highest BCUT2D eigenvalue weighted by Crippen LogP contribution is 2.48. The van der Waals surface area contributed by atoms with E-state index in [0.29, 0.717) is 0 Å². The molecule has 1 heterocycles. The molecule has 0 aromatic carbocycles. The summed E-state index contributed by atoms with van der Waals surface area (Å²) < 4.78 is 0. The summed E-state index contributed by atoms with van der Waals surface area (Å²) in [7, 11) is 0. The summed E-state index contributed by atoms with van der Waals surface area (Å²) in [6.45, 7) is 9.87. The molecule has 0 bridgehead atoms. The van der Waals surface area contributed by atoms with Crippen LogP contribution in [0, 0.1) is 12.8 Å². The molecular formula is C12H20N2S. The fraction of sp³-hybridized carbons (Fsp3) is 0.750. The van der Waals surface area contributed by atoms with E-state index in [1.54, 1.807) is 0 Å². The zero-order valence-electron chi connectivity index (χ0n) is 10.0. The Balaban J connectivity index is 1.81. The van der Waals surface area contributed by atoms with Crippen molar-refractivity contribution in [1.82, 2.24) is 10.3 Å². The van der Waals surface area contributed by atoms with Gasteiger partial charge in [-0.1, -0.05) is 0 Å². The van der Waals surface area contributed by atoms with E-state index >= 15 is 0 Å². The number of nitrogens with zero attached hydrogens (tertiary/aromatic N) is 1. The first-order valence-corrected chi connectivity index (χ1v) is 6.51. The van der Waals surface area contributed by atoms with Crippen LogP contribution in [0.3, 0.4) is 0 Å². The molecule has 1 aromatic heterocycles. The van der Waals surface area contributed by atoms with Gasteiger partial charge in [0.15, 0.2) is 0 Å². The normalized spacial score (nSPS) is 25.6. The number of nitrogens with one attached hydrogen (secondary N) is 1. The average molecular weight is 224 g/mol. The molecule has 0 saturated heterocycles. The summed E-state index contributed by atoms with van der Waals surface area (Å²) in [4.78, 5) is 4.56. The topological polar surface area (TPSA) is 24.9 Å². The number of hydrogen-bond acceptors (Lipinski definition) is 3. The van der Waals surface area contributed by atoms with Gasteiger partial charge in [-0.15, -0.1) is 11.3 Å². The van der Waals surface area contributed by atoms with Gasteiger partial charge in [-0.05, 0) is 46.6 Å². The molecule has 1 saturated carbocycles. The van der Waals surface area contributed by atoms with Crippen LogP contribution in [-0.4, -0.2) is 17.1 Å². The third kappa shape index (κ3) is 3.02. The van der Waals surface area contributed by atoms with E-state index in [4.69, 9.17) is 0 Å². The van der Waals surface area contributed by atoms with Crippen LogP contribution in [0.15, 0.2) is 5.38 Å². The molecule has 1 aromatic rings. The van der Waals surface area contributed by atoms with Crippen LogP contribution in [-0.2, 0) is 0 Å². The third-order valence-corrected chi connectivity index (χ3v) is 3.87. The van der Waals surface area contributed by atoms with Crippen molar-refractivity contribution < 1.29 is 0 Å². The Bertz CT molecular complexity index is 338. The maximum Gasteiger partial charge on any atom is 0.0962 e. The van der Waals surface area contributed by atoms with Gasteiger partial charge >= 0.3 is 0 Å². The lowest BCUT2D eigenvalue weighted by molar-refractivity contribution is 0.414. The van der Waals surface area contributed by atoms with Crippen molar-refractivity contribution in [3.63, 3.8) is 0 Å². The number of rotatable bonds is 3. The summed E-state index contributed by atoms with van der Waals surface area (Å²) in [6.07, 6.45) is 1.32. The molecule has 1 aliphatic carbocycles. The molecule has 1 aliphatic rings. The molecule has 0 spiro atoms. The van der Waals surface area contributed by atoms with E-state index in [-0.39, 0.29) is 5.54 Å². The smallest absolute Gasteiger partial charge is 0.0962 e. The van der Waals surface area contributed by atoms with Gasteiger partial charge in [-0.25, -0.2) is 4.98 Å². The molecule has 0 radical (unpaired) electrons. The van der Waals surface area contributed by atoms with E-state index in [1.807, 2.05) is 11.3 Å². The first-order chi connectivity index (χ1) is 6.96. The Morgan fingerprint density at radius 1 is 1.53 bits per heavy atom. The predicted molar refractivity (Wildman–Crippen MR) is 65.5 cm³/mol. The summed E-state index contributed by atoms with van der Waals surface area (Å²) in [6, 6.07) is 0. The third-order valence-electron chi connectivity index (χ3n) is 2.77. The summed E-state index contributed by atoms with van der Waals surface area (Å²) in [5, 5.41) is 7.06. The van der Waals surface area contributed by atoms with E-state index in [1.165, 1.54) is 17.1 Å². The van der Waals surface area contributed by atoms with E-state index in [9.17, 15) is 0 Å². The van der Waals surface area contributed by atoms with Gasteiger partial charge in [-0.3, -0.25) is 0 Å². The molecule has 1 N–H and O–H groups in total. The largest absolute Gasteiger partial charge is 0.312 e. The Kier molecular flexibility index (Phi) is 2.86. The standard InChI is InChI=1S/C12H20N2S/c1-8-7-15-11(14-8)10-5-9(10)6-13-12(2,3)4/h7,9-10,13H,5-6H2,1-4H3. The lowest BCUT2D eigenvalue weighted by Crippen LogP contribution is -2.37. The van der Waals surface area contributed by atoms with Gasteiger partial charge in [0.05, 0.1) is 5.01 Å². The molecule has 3 heteroatoms. The van der Waals surface area contributed by atoms with Crippen molar-refractivity contribution >= 4 is 11.3 Å². The van der Waals surface area contributed by atoms with Gasteiger partial charge in [0.1, 0.15) is 0 Å². The first kappa shape index (κ1) is 11.1. The molecule has 0 amide bonds. The fourth-order valence-electron chi connectivity index (χ4n) is 1.76. The summed E-state index contributed by atoms with van der Waals surface area (Å²) in [5.41, 5.74) is 1.41. The Labute approximate surface area is 96.1 Å². The van der Waals surface area contributed by atoms with Crippen LogP contribution >= 0.6 is 11.3 Å². The van der Waals surface area contributed by atoms with Gasteiger partial charge in [-0.2, -0.15) is 0 Å². The number of aromatic nitrogens is 1. The molecule has 84 valence electrons. The van der Waals surface area contributed by atoms with E-state index < -0.39 is 0 Å². The number of aryl methyl sites for hydroxylation is 1. The zero-order valence-corrected chi connectivity index (χ0v) is 10.8. The monoisotopic (exact) mass is 224 g/mol. The van der Waals surface area contributed by atoms with E-state index in [0.717, 1.165) is 18.4 Å². The van der Waals surface area contributed by atoms with Gasteiger partial charge in [0.2, 0.25) is 0 Å².